The largest absolute Gasteiger partial charge is 0.353 e. The van der Waals surface area contributed by atoms with Crippen LogP contribution in [0, 0.1) is 5.92 Å². The molecule has 0 aromatic carbocycles. The van der Waals surface area contributed by atoms with Crippen molar-refractivity contribution in [2.24, 2.45) is 13.0 Å². The first-order valence-electron chi connectivity index (χ1n) is 8.80. The Bertz CT molecular complexity index is 510. The van der Waals surface area contributed by atoms with Crippen LogP contribution in [0.1, 0.15) is 57.2 Å². The van der Waals surface area contributed by atoms with Gasteiger partial charge in [-0.3, -0.25) is 9.69 Å². The highest BCUT2D eigenvalue weighted by Crippen LogP contribution is 2.31. The predicted octanol–water partition coefficient (Wildman–Crippen LogP) is 2.86. The van der Waals surface area contributed by atoms with Crippen molar-refractivity contribution in [1.29, 1.82) is 0 Å². The van der Waals surface area contributed by atoms with Gasteiger partial charge in [0.25, 0.3) is 0 Å². The first-order chi connectivity index (χ1) is 10.6. The Balaban J connectivity index is 1.57. The van der Waals surface area contributed by atoms with E-state index in [1.165, 1.54) is 31.4 Å². The summed E-state index contributed by atoms with van der Waals surface area (Å²) in [5.74, 6) is 0.833. The van der Waals surface area contributed by atoms with Gasteiger partial charge in [0, 0.05) is 25.0 Å². The molecule has 1 aliphatic heterocycles. The molecule has 0 radical (unpaired) electrons. The number of carbonyl (C=O) groups excluding carboxylic acids is 1. The fourth-order valence-electron chi connectivity index (χ4n) is 4.14. The minimum absolute atomic E-state index is 0.208. The molecule has 1 amide bonds. The van der Waals surface area contributed by atoms with Crippen LogP contribution in [0.4, 0.5) is 0 Å². The van der Waals surface area contributed by atoms with Crippen LogP contribution in [-0.4, -0.2) is 34.5 Å². The Morgan fingerprint density at radius 2 is 2.09 bits per heavy atom. The molecule has 3 rings (SSSR count). The molecule has 2 heterocycles. The molecule has 0 bridgehead atoms. The molecule has 1 aliphatic carbocycles. The number of aromatic nitrogens is 1. The number of carbonyl (C=O) groups is 1. The minimum Gasteiger partial charge on any atom is -0.353 e. The molecule has 4 heteroatoms. The summed E-state index contributed by atoms with van der Waals surface area (Å²) in [6.07, 6.45) is 9.40. The third-order valence-corrected chi connectivity index (χ3v) is 5.49. The van der Waals surface area contributed by atoms with Crippen LogP contribution in [0.5, 0.6) is 0 Å². The van der Waals surface area contributed by atoms with Crippen LogP contribution < -0.4 is 5.32 Å². The molecule has 0 unspecified atom stereocenters. The Morgan fingerprint density at radius 3 is 2.82 bits per heavy atom. The monoisotopic (exact) mass is 303 g/mol. The van der Waals surface area contributed by atoms with Crippen molar-refractivity contribution in [3.63, 3.8) is 0 Å². The highest BCUT2D eigenvalue weighted by molar-refractivity contribution is 5.78. The van der Waals surface area contributed by atoms with E-state index < -0.39 is 0 Å². The molecule has 1 aromatic rings. The predicted molar refractivity (Wildman–Crippen MR) is 88.5 cm³/mol. The van der Waals surface area contributed by atoms with Gasteiger partial charge in [0.1, 0.15) is 0 Å². The van der Waals surface area contributed by atoms with Crippen molar-refractivity contribution in [3.05, 3.63) is 24.0 Å². The summed E-state index contributed by atoms with van der Waals surface area (Å²) in [6, 6.07) is 5.06. The molecule has 1 saturated carbocycles. The number of hydrogen-bond acceptors (Lipinski definition) is 2. The second-order valence-corrected chi connectivity index (χ2v) is 7.11. The van der Waals surface area contributed by atoms with Gasteiger partial charge in [-0.05, 0) is 50.3 Å². The molecule has 122 valence electrons. The lowest BCUT2D eigenvalue weighted by Crippen LogP contribution is -2.45. The average molecular weight is 303 g/mol. The second kappa shape index (κ2) is 6.86. The second-order valence-electron chi connectivity index (χ2n) is 7.11. The Kier molecular flexibility index (Phi) is 4.87. The molecule has 2 fully saturated rings. The fourth-order valence-corrected chi connectivity index (χ4v) is 4.14. The molecule has 3 atom stereocenters. The van der Waals surface area contributed by atoms with Gasteiger partial charge in [0.2, 0.25) is 5.91 Å². The fraction of sp³-hybridized carbons (Fsp3) is 0.722. The van der Waals surface area contributed by atoms with E-state index in [1.807, 2.05) is 0 Å². The third-order valence-electron chi connectivity index (χ3n) is 5.49. The molecule has 1 aromatic heterocycles. The van der Waals surface area contributed by atoms with Crippen LogP contribution in [0.2, 0.25) is 0 Å². The lowest BCUT2D eigenvalue weighted by atomic mass is 9.86. The third kappa shape index (κ3) is 3.37. The maximum atomic E-state index is 12.5. The van der Waals surface area contributed by atoms with E-state index in [2.05, 4.69) is 47.1 Å². The van der Waals surface area contributed by atoms with E-state index in [-0.39, 0.29) is 5.91 Å². The van der Waals surface area contributed by atoms with Crippen LogP contribution in [-0.2, 0) is 11.8 Å². The number of nitrogens with zero attached hydrogens (tertiary/aromatic N) is 2. The molecule has 1 N–H and O–H groups in total. The Hall–Kier alpha value is -1.29. The molecule has 1 saturated heterocycles. The van der Waals surface area contributed by atoms with Gasteiger partial charge in [0.05, 0.1) is 12.6 Å². The summed E-state index contributed by atoms with van der Waals surface area (Å²) in [6.45, 7) is 3.84. The van der Waals surface area contributed by atoms with E-state index in [4.69, 9.17) is 0 Å². The smallest absolute Gasteiger partial charge is 0.234 e. The normalized spacial score (nSPS) is 29.6. The van der Waals surface area contributed by atoms with Crippen LogP contribution in [0.15, 0.2) is 18.3 Å². The number of rotatable bonds is 4. The van der Waals surface area contributed by atoms with Crippen LogP contribution in [0.25, 0.3) is 0 Å². The number of nitrogens with one attached hydrogen (secondary N) is 1. The zero-order valence-electron chi connectivity index (χ0n) is 13.9. The summed E-state index contributed by atoms with van der Waals surface area (Å²) in [5.41, 5.74) is 1.33. The number of amides is 1. The van der Waals surface area contributed by atoms with Crippen molar-refractivity contribution in [1.82, 2.24) is 14.8 Å². The van der Waals surface area contributed by atoms with Gasteiger partial charge in [0.15, 0.2) is 0 Å². The maximum absolute atomic E-state index is 12.5. The van der Waals surface area contributed by atoms with Gasteiger partial charge in [-0.1, -0.05) is 19.8 Å². The minimum atomic E-state index is 0.208. The molecule has 2 aliphatic rings. The summed E-state index contributed by atoms with van der Waals surface area (Å²) in [4.78, 5) is 14.8. The maximum Gasteiger partial charge on any atom is 0.234 e. The number of aryl methyl sites for hydroxylation is 1. The standard InChI is InChI=1S/C18H29N3O/c1-14-7-3-4-8-15(14)19-18(22)13-21-12-6-10-17(21)16-9-5-11-20(16)2/h5,9,11,14-15,17H,3-4,6-8,10,12-13H2,1-2H3,(H,19,22)/t14-,15-,17+/m0/s1. The molecule has 4 nitrogen and oxygen atoms in total. The number of hydrogen-bond donors (Lipinski definition) is 1. The van der Waals surface area contributed by atoms with E-state index >= 15 is 0 Å². The highest BCUT2D eigenvalue weighted by atomic mass is 16.2. The lowest BCUT2D eigenvalue weighted by Gasteiger charge is -2.31. The Morgan fingerprint density at radius 1 is 1.27 bits per heavy atom. The van der Waals surface area contributed by atoms with E-state index in [0.717, 1.165) is 19.4 Å². The molecule has 0 spiro atoms. The van der Waals surface area contributed by atoms with Crippen LogP contribution in [0.3, 0.4) is 0 Å². The Labute approximate surface area is 133 Å². The van der Waals surface area contributed by atoms with Gasteiger partial charge < -0.3 is 9.88 Å². The molecule has 22 heavy (non-hydrogen) atoms. The van der Waals surface area contributed by atoms with Crippen molar-refractivity contribution in [2.45, 2.75) is 57.5 Å². The van der Waals surface area contributed by atoms with Crippen LogP contribution >= 0.6 is 0 Å². The summed E-state index contributed by atoms with van der Waals surface area (Å²) in [5, 5.41) is 3.29. The summed E-state index contributed by atoms with van der Waals surface area (Å²) >= 11 is 0. The first kappa shape index (κ1) is 15.6. The zero-order chi connectivity index (χ0) is 15.5. The van der Waals surface area contributed by atoms with Gasteiger partial charge in [-0.25, -0.2) is 0 Å². The lowest BCUT2D eigenvalue weighted by molar-refractivity contribution is -0.123. The SMILES string of the molecule is C[C@H]1CCCC[C@@H]1NC(=O)CN1CCC[C@@H]1c1cccn1C. The first-order valence-corrected chi connectivity index (χ1v) is 8.80. The van der Waals surface area contributed by atoms with Gasteiger partial charge >= 0.3 is 0 Å². The molecular weight excluding hydrogens is 274 g/mol. The highest BCUT2D eigenvalue weighted by Gasteiger charge is 2.30. The van der Waals surface area contributed by atoms with E-state index in [0.29, 0.717) is 24.5 Å². The zero-order valence-corrected chi connectivity index (χ0v) is 13.9. The van der Waals surface area contributed by atoms with Crippen molar-refractivity contribution in [2.75, 3.05) is 13.1 Å². The average Bonchev–Trinajstić information content (AvgIpc) is 3.10. The van der Waals surface area contributed by atoms with Crippen molar-refractivity contribution >= 4 is 5.91 Å². The van der Waals surface area contributed by atoms with Gasteiger partial charge in [-0.15, -0.1) is 0 Å². The molecular formula is C18H29N3O. The van der Waals surface area contributed by atoms with E-state index in [9.17, 15) is 4.79 Å². The summed E-state index contributed by atoms with van der Waals surface area (Å²) in [7, 11) is 2.09. The van der Waals surface area contributed by atoms with E-state index in [1.54, 1.807) is 0 Å². The number of likely N-dealkylation sites (tertiary alicyclic amines) is 1. The van der Waals surface area contributed by atoms with Crippen molar-refractivity contribution < 1.29 is 4.79 Å². The van der Waals surface area contributed by atoms with Gasteiger partial charge in [-0.2, -0.15) is 0 Å². The topological polar surface area (TPSA) is 37.3 Å². The quantitative estimate of drug-likeness (QED) is 0.928. The van der Waals surface area contributed by atoms with Crippen molar-refractivity contribution in [3.8, 4) is 0 Å². The summed E-state index contributed by atoms with van der Waals surface area (Å²) < 4.78 is 2.18.